The van der Waals surface area contributed by atoms with Crippen LogP contribution in [0.2, 0.25) is 0 Å². The minimum atomic E-state index is 0.464. The summed E-state index contributed by atoms with van der Waals surface area (Å²) in [7, 11) is 0. The van der Waals surface area contributed by atoms with Crippen LogP contribution < -0.4 is 0 Å². The van der Waals surface area contributed by atoms with E-state index < -0.39 is 0 Å². The first-order valence-corrected chi connectivity index (χ1v) is 13.2. The van der Waals surface area contributed by atoms with Crippen molar-refractivity contribution in [2.24, 2.45) is 0 Å². The molecular formula is C21H33I3O. The molecule has 144 valence electrons. The quantitative estimate of drug-likeness (QED) is 0.154. The van der Waals surface area contributed by atoms with E-state index in [0.717, 1.165) is 13.6 Å². The summed E-state index contributed by atoms with van der Waals surface area (Å²) in [4.78, 5) is 0. The molecule has 0 heterocycles. The molecule has 0 fully saturated rings. The summed E-state index contributed by atoms with van der Waals surface area (Å²) < 4.78 is 3.30. The van der Waals surface area contributed by atoms with Crippen LogP contribution in [-0.2, 0) is 6.42 Å². The van der Waals surface area contributed by atoms with Crippen LogP contribution in [0.15, 0.2) is 6.07 Å². The molecule has 0 aromatic heterocycles. The molecule has 0 amide bonds. The Labute approximate surface area is 195 Å². The lowest BCUT2D eigenvalue weighted by Crippen LogP contribution is -1.96. The first-order valence-electron chi connectivity index (χ1n) is 9.93. The van der Waals surface area contributed by atoms with E-state index in [4.69, 9.17) is 0 Å². The van der Waals surface area contributed by atoms with Gasteiger partial charge in [0.1, 0.15) is 5.75 Å². The van der Waals surface area contributed by atoms with Gasteiger partial charge in [-0.25, -0.2) is 0 Å². The second-order valence-electron chi connectivity index (χ2n) is 6.97. The fourth-order valence-electron chi connectivity index (χ4n) is 3.17. The van der Waals surface area contributed by atoms with Crippen molar-refractivity contribution >= 4 is 67.8 Å². The lowest BCUT2D eigenvalue weighted by atomic mass is 10.0. The lowest BCUT2D eigenvalue weighted by molar-refractivity contribution is 0.466. The average molecular weight is 682 g/mol. The monoisotopic (exact) mass is 682 g/mol. The standard InChI is InChI=1S/C21H33I3O/c1-2-3-4-5-6-7-8-9-10-11-12-13-14-15-17-18(22)16-19(23)21(25)20(17)24/h16,25H,2-15H2,1H3. The van der Waals surface area contributed by atoms with Gasteiger partial charge in [0.05, 0.1) is 7.14 Å². The van der Waals surface area contributed by atoms with Gasteiger partial charge in [0.2, 0.25) is 0 Å². The number of hydrogen-bond acceptors (Lipinski definition) is 1. The van der Waals surface area contributed by atoms with E-state index in [1.807, 2.05) is 0 Å². The number of hydrogen-bond donors (Lipinski definition) is 1. The summed E-state index contributed by atoms with van der Waals surface area (Å²) in [5.74, 6) is 0.464. The van der Waals surface area contributed by atoms with Crippen molar-refractivity contribution in [2.45, 2.75) is 96.8 Å². The van der Waals surface area contributed by atoms with E-state index in [9.17, 15) is 5.11 Å². The van der Waals surface area contributed by atoms with Crippen LogP contribution in [0, 0.1) is 10.7 Å². The van der Waals surface area contributed by atoms with E-state index in [2.05, 4.69) is 80.8 Å². The Morgan fingerprint density at radius 1 is 0.680 bits per heavy atom. The highest BCUT2D eigenvalue weighted by Crippen LogP contribution is 2.33. The zero-order valence-electron chi connectivity index (χ0n) is 15.6. The Hall–Kier alpha value is 1.21. The number of rotatable bonds is 14. The number of unbranched alkanes of at least 4 members (excludes halogenated alkanes) is 12. The van der Waals surface area contributed by atoms with Crippen LogP contribution in [0.25, 0.3) is 0 Å². The number of halogens is 3. The van der Waals surface area contributed by atoms with Crippen molar-refractivity contribution in [3.8, 4) is 5.75 Å². The predicted molar refractivity (Wildman–Crippen MR) is 136 cm³/mol. The summed E-state index contributed by atoms with van der Waals surface area (Å²) in [6.45, 7) is 2.28. The van der Waals surface area contributed by atoms with Gasteiger partial charge in [-0.1, -0.05) is 84.0 Å². The summed E-state index contributed by atoms with van der Waals surface area (Å²) in [6, 6.07) is 2.09. The van der Waals surface area contributed by atoms with Gasteiger partial charge < -0.3 is 5.11 Å². The molecule has 0 atom stereocenters. The molecule has 4 heteroatoms. The zero-order valence-corrected chi connectivity index (χ0v) is 22.0. The van der Waals surface area contributed by atoms with Gasteiger partial charge in [-0.2, -0.15) is 0 Å². The van der Waals surface area contributed by atoms with Gasteiger partial charge in [0.25, 0.3) is 0 Å². The van der Waals surface area contributed by atoms with E-state index in [0.29, 0.717) is 5.75 Å². The molecule has 0 unspecified atom stereocenters. The van der Waals surface area contributed by atoms with Crippen molar-refractivity contribution in [1.82, 2.24) is 0 Å². The highest BCUT2D eigenvalue weighted by molar-refractivity contribution is 14.1. The molecule has 0 aliphatic rings. The predicted octanol–water partition coefficient (Wildman–Crippen LogP) is 8.84. The first kappa shape index (κ1) is 24.2. The summed E-state index contributed by atoms with van der Waals surface area (Å²) in [5, 5.41) is 10.1. The fraction of sp³-hybridized carbons (Fsp3) is 0.714. The summed E-state index contributed by atoms with van der Waals surface area (Å²) in [6.07, 6.45) is 19.2. The molecule has 0 radical (unpaired) electrons. The first-order chi connectivity index (χ1) is 12.1. The van der Waals surface area contributed by atoms with Crippen LogP contribution >= 0.6 is 67.8 Å². The fourth-order valence-corrected chi connectivity index (χ4v) is 7.08. The number of benzene rings is 1. The minimum Gasteiger partial charge on any atom is -0.506 e. The van der Waals surface area contributed by atoms with E-state index in [-0.39, 0.29) is 0 Å². The third-order valence-corrected chi connectivity index (χ3v) is 7.72. The molecule has 1 aromatic carbocycles. The van der Waals surface area contributed by atoms with E-state index >= 15 is 0 Å². The molecule has 0 saturated heterocycles. The molecule has 1 N–H and O–H groups in total. The smallest absolute Gasteiger partial charge is 0.142 e. The van der Waals surface area contributed by atoms with Gasteiger partial charge in [0.15, 0.2) is 0 Å². The Kier molecular flexibility index (Phi) is 14.7. The number of aromatic hydroxyl groups is 1. The van der Waals surface area contributed by atoms with E-state index in [1.54, 1.807) is 0 Å². The third-order valence-electron chi connectivity index (χ3n) is 4.77. The summed E-state index contributed by atoms with van der Waals surface area (Å²) >= 11 is 6.91. The van der Waals surface area contributed by atoms with Crippen LogP contribution in [0.5, 0.6) is 5.75 Å². The van der Waals surface area contributed by atoms with Crippen LogP contribution in [0.1, 0.15) is 96.0 Å². The zero-order chi connectivity index (χ0) is 18.5. The molecule has 1 rings (SSSR count). The second-order valence-corrected chi connectivity index (χ2v) is 10.4. The topological polar surface area (TPSA) is 20.2 Å². The maximum absolute atomic E-state index is 10.1. The normalized spacial score (nSPS) is 11.2. The van der Waals surface area contributed by atoms with E-state index in [1.165, 1.54) is 92.6 Å². The molecule has 0 aliphatic heterocycles. The largest absolute Gasteiger partial charge is 0.506 e. The molecule has 0 spiro atoms. The van der Waals surface area contributed by atoms with Gasteiger partial charge in [0, 0.05) is 3.57 Å². The Morgan fingerprint density at radius 2 is 1.12 bits per heavy atom. The van der Waals surface area contributed by atoms with Gasteiger partial charge in [-0.05, 0) is 92.2 Å². The molecule has 25 heavy (non-hydrogen) atoms. The molecule has 1 nitrogen and oxygen atoms in total. The van der Waals surface area contributed by atoms with Gasteiger partial charge in [-0.3, -0.25) is 0 Å². The Balaban J connectivity index is 2.02. The van der Waals surface area contributed by atoms with Crippen LogP contribution in [0.4, 0.5) is 0 Å². The molecule has 1 aromatic rings. The number of phenols is 1. The molecule has 0 aliphatic carbocycles. The molecular weight excluding hydrogens is 649 g/mol. The van der Waals surface area contributed by atoms with Crippen molar-refractivity contribution in [3.05, 3.63) is 22.3 Å². The summed E-state index contributed by atoms with van der Waals surface area (Å²) in [5.41, 5.74) is 1.34. The molecule has 0 bridgehead atoms. The van der Waals surface area contributed by atoms with Crippen molar-refractivity contribution < 1.29 is 5.11 Å². The van der Waals surface area contributed by atoms with Gasteiger partial charge >= 0.3 is 0 Å². The lowest BCUT2D eigenvalue weighted by Gasteiger charge is -2.11. The third kappa shape index (κ3) is 10.4. The highest BCUT2D eigenvalue weighted by Gasteiger charge is 2.12. The maximum Gasteiger partial charge on any atom is 0.142 e. The Morgan fingerprint density at radius 3 is 1.60 bits per heavy atom. The maximum atomic E-state index is 10.1. The SMILES string of the molecule is CCCCCCCCCCCCCCCc1c(I)cc(I)c(O)c1I. The van der Waals surface area contributed by atoms with Crippen LogP contribution in [-0.4, -0.2) is 5.11 Å². The molecule has 0 saturated carbocycles. The average Bonchev–Trinajstić information content (AvgIpc) is 2.59. The minimum absolute atomic E-state index is 0.464. The van der Waals surface area contributed by atoms with Crippen molar-refractivity contribution in [1.29, 1.82) is 0 Å². The Bertz CT molecular complexity index is 489. The van der Waals surface area contributed by atoms with Crippen molar-refractivity contribution in [2.75, 3.05) is 0 Å². The highest BCUT2D eigenvalue weighted by atomic mass is 127. The van der Waals surface area contributed by atoms with Crippen molar-refractivity contribution in [3.63, 3.8) is 0 Å². The number of phenolic OH excluding ortho intramolecular Hbond substituents is 1. The van der Waals surface area contributed by atoms with Gasteiger partial charge in [-0.15, -0.1) is 0 Å². The van der Waals surface area contributed by atoms with Crippen LogP contribution in [0.3, 0.4) is 0 Å². The second kappa shape index (κ2) is 15.2.